The third-order valence-electron chi connectivity index (χ3n) is 4.75. The highest BCUT2D eigenvalue weighted by Gasteiger charge is 2.25. The van der Waals surface area contributed by atoms with Gasteiger partial charge in [-0.05, 0) is 23.3 Å². The molecule has 0 N–H and O–H groups in total. The Morgan fingerprint density at radius 1 is 1.17 bits per heavy atom. The number of ether oxygens (including phenoxy) is 1. The Kier molecular flexibility index (Phi) is 4.08. The Bertz CT molecular complexity index is 850. The van der Waals surface area contributed by atoms with Crippen molar-refractivity contribution in [2.24, 2.45) is 7.05 Å². The summed E-state index contributed by atoms with van der Waals surface area (Å²) in [7, 11) is 2.04. The zero-order valence-electron chi connectivity index (χ0n) is 14.3. The SMILES string of the molecule is Cc1cn(C)c(C2CN(Cc3cccc4ccccc34)CCO2)n1. The van der Waals surface area contributed by atoms with Gasteiger partial charge in [0.1, 0.15) is 11.9 Å². The van der Waals surface area contributed by atoms with Crippen LogP contribution in [0.5, 0.6) is 0 Å². The van der Waals surface area contributed by atoms with E-state index in [4.69, 9.17) is 4.74 Å². The molecule has 0 bridgehead atoms. The number of benzene rings is 2. The first kappa shape index (κ1) is 15.4. The van der Waals surface area contributed by atoms with Crippen LogP contribution in [0.2, 0.25) is 0 Å². The number of fused-ring (bicyclic) bond motifs is 1. The molecule has 0 aliphatic carbocycles. The zero-order valence-corrected chi connectivity index (χ0v) is 14.3. The van der Waals surface area contributed by atoms with Crippen LogP contribution in [0, 0.1) is 6.92 Å². The number of hydrogen-bond acceptors (Lipinski definition) is 3. The minimum absolute atomic E-state index is 0.0485. The molecule has 2 heterocycles. The molecule has 24 heavy (non-hydrogen) atoms. The van der Waals surface area contributed by atoms with Crippen LogP contribution in [0.3, 0.4) is 0 Å². The van der Waals surface area contributed by atoms with E-state index in [1.165, 1.54) is 16.3 Å². The average Bonchev–Trinajstić information content (AvgIpc) is 2.94. The summed E-state index contributed by atoms with van der Waals surface area (Å²) in [6.45, 7) is 5.57. The van der Waals surface area contributed by atoms with Crippen LogP contribution in [-0.4, -0.2) is 34.1 Å². The Hall–Kier alpha value is -2.17. The fourth-order valence-corrected chi connectivity index (χ4v) is 3.61. The first-order valence-corrected chi connectivity index (χ1v) is 8.51. The van der Waals surface area contributed by atoms with E-state index in [1.807, 2.05) is 14.0 Å². The lowest BCUT2D eigenvalue weighted by Crippen LogP contribution is -2.38. The van der Waals surface area contributed by atoms with Crippen molar-refractivity contribution in [3.63, 3.8) is 0 Å². The molecule has 1 unspecified atom stereocenters. The van der Waals surface area contributed by atoms with Crippen molar-refractivity contribution < 1.29 is 4.74 Å². The van der Waals surface area contributed by atoms with E-state index < -0.39 is 0 Å². The smallest absolute Gasteiger partial charge is 0.139 e. The van der Waals surface area contributed by atoms with Crippen LogP contribution in [0.1, 0.15) is 23.2 Å². The molecule has 3 aromatic rings. The predicted molar refractivity (Wildman–Crippen MR) is 95.9 cm³/mol. The van der Waals surface area contributed by atoms with Gasteiger partial charge in [-0.2, -0.15) is 0 Å². The zero-order chi connectivity index (χ0) is 16.5. The molecular weight excluding hydrogens is 298 g/mol. The topological polar surface area (TPSA) is 30.3 Å². The summed E-state index contributed by atoms with van der Waals surface area (Å²) in [5.74, 6) is 1.02. The summed E-state index contributed by atoms with van der Waals surface area (Å²) in [5, 5.41) is 2.65. The van der Waals surface area contributed by atoms with Gasteiger partial charge in [0.25, 0.3) is 0 Å². The lowest BCUT2D eigenvalue weighted by Gasteiger charge is -2.32. The van der Waals surface area contributed by atoms with Gasteiger partial charge < -0.3 is 9.30 Å². The Morgan fingerprint density at radius 3 is 2.83 bits per heavy atom. The van der Waals surface area contributed by atoms with Crippen molar-refractivity contribution in [2.45, 2.75) is 19.6 Å². The highest BCUT2D eigenvalue weighted by atomic mass is 16.5. The van der Waals surface area contributed by atoms with Crippen molar-refractivity contribution in [1.82, 2.24) is 14.5 Å². The van der Waals surface area contributed by atoms with E-state index in [0.29, 0.717) is 0 Å². The number of aromatic nitrogens is 2. The van der Waals surface area contributed by atoms with E-state index in [-0.39, 0.29) is 6.10 Å². The second-order valence-electron chi connectivity index (χ2n) is 6.58. The number of morpholine rings is 1. The highest BCUT2D eigenvalue weighted by Crippen LogP contribution is 2.25. The van der Waals surface area contributed by atoms with Gasteiger partial charge in [0.2, 0.25) is 0 Å². The quantitative estimate of drug-likeness (QED) is 0.740. The van der Waals surface area contributed by atoms with Crippen molar-refractivity contribution >= 4 is 10.8 Å². The molecule has 0 radical (unpaired) electrons. The van der Waals surface area contributed by atoms with Crippen LogP contribution >= 0.6 is 0 Å². The number of imidazole rings is 1. The third kappa shape index (κ3) is 2.95. The van der Waals surface area contributed by atoms with Gasteiger partial charge >= 0.3 is 0 Å². The minimum Gasteiger partial charge on any atom is -0.368 e. The van der Waals surface area contributed by atoms with E-state index in [1.54, 1.807) is 0 Å². The first-order chi connectivity index (χ1) is 11.7. The second kappa shape index (κ2) is 6.38. The lowest BCUT2D eigenvalue weighted by molar-refractivity contribution is -0.0382. The van der Waals surface area contributed by atoms with Crippen molar-refractivity contribution in [1.29, 1.82) is 0 Å². The first-order valence-electron chi connectivity index (χ1n) is 8.51. The standard InChI is InChI=1S/C20H23N3O/c1-15-12-22(2)20(21-15)19-14-23(10-11-24-19)13-17-8-5-7-16-6-3-4-9-18(16)17/h3-9,12,19H,10-11,13-14H2,1-2H3. The van der Waals surface area contributed by atoms with Gasteiger partial charge in [0.15, 0.2) is 0 Å². The average molecular weight is 321 g/mol. The van der Waals surface area contributed by atoms with E-state index in [9.17, 15) is 0 Å². The van der Waals surface area contributed by atoms with Gasteiger partial charge in [0.05, 0.1) is 12.3 Å². The molecule has 4 heteroatoms. The largest absolute Gasteiger partial charge is 0.368 e. The van der Waals surface area contributed by atoms with Gasteiger partial charge in [-0.1, -0.05) is 42.5 Å². The molecular formula is C20H23N3O. The molecule has 1 saturated heterocycles. The molecule has 0 spiro atoms. The Morgan fingerprint density at radius 2 is 2.00 bits per heavy atom. The Balaban J connectivity index is 1.55. The predicted octanol–water partition coefficient (Wildman–Crippen LogP) is 3.46. The molecule has 124 valence electrons. The highest BCUT2D eigenvalue weighted by molar-refractivity contribution is 5.85. The Labute approximate surface area is 142 Å². The van der Waals surface area contributed by atoms with Crippen LogP contribution in [0.4, 0.5) is 0 Å². The summed E-state index contributed by atoms with van der Waals surface area (Å²) in [6.07, 6.45) is 2.11. The summed E-state index contributed by atoms with van der Waals surface area (Å²) in [6, 6.07) is 15.2. The minimum atomic E-state index is 0.0485. The normalized spacial score (nSPS) is 19.0. The van der Waals surface area contributed by atoms with Gasteiger partial charge in [-0.25, -0.2) is 4.98 Å². The van der Waals surface area contributed by atoms with Gasteiger partial charge in [0, 0.05) is 32.9 Å². The van der Waals surface area contributed by atoms with Crippen molar-refractivity contribution in [3.05, 3.63) is 65.7 Å². The van der Waals surface area contributed by atoms with Crippen LogP contribution < -0.4 is 0 Å². The van der Waals surface area contributed by atoms with Crippen molar-refractivity contribution in [3.8, 4) is 0 Å². The third-order valence-corrected chi connectivity index (χ3v) is 4.75. The number of rotatable bonds is 3. The van der Waals surface area contributed by atoms with Crippen LogP contribution in [0.25, 0.3) is 10.8 Å². The molecule has 1 aromatic heterocycles. The van der Waals surface area contributed by atoms with E-state index in [0.717, 1.165) is 37.8 Å². The molecule has 4 nitrogen and oxygen atoms in total. The van der Waals surface area contributed by atoms with Gasteiger partial charge in [-0.3, -0.25) is 4.90 Å². The maximum Gasteiger partial charge on any atom is 0.139 e. The molecule has 0 amide bonds. The molecule has 1 aliphatic rings. The second-order valence-corrected chi connectivity index (χ2v) is 6.58. The van der Waals surface area contributed by atoms with Crippen molar-refractivity contribution in [2.75, 3.05) is 19.7 Å². The molecule has 1 atom stereocenters. The maximum absolute atomic E-state index is 5.99. The van der Waals surface area contributed by atoms with E-state index >= 15 is 0 Å². The number of aryl methyl sites for hydroxylation is 2. The number of nitrogens with zero attached hydrogens (tertiary/aromatic N) is 3. The summed E-state index contributed by atoms with van der Waals surface area (Å²) < 4.78 is 8.07. The number of hydrogen-bond donors (Lipinski definition) is 0. The van der Waals surface area contributed by atoms with Gasteiger partial charge in [-0.15, -0.1) is 0 Å². The lowest BCUT2D eigenvalue weighted by atomic mass is 10.0. The summed E-state index contributed by atoms with van der Waals surface area (Å²) in [5.41, 5.74) is 2.42. The molecule has 4 rings (SSSR count). The molecule has 2 aromatic carbocycles. The van der Waals surface area contributed by atoms with Crippen LogP contribution in [-0.2, 0) is 18.3 Å². The fraction of sp³-hybridized carbons (Fsp3) is 0.350. The monoisotopic (exact) mass is 321 g/mol. The summed E-state index contributed by atoms with van der Waals surface area (Å²) in [4.78, 5) is 7.11. The van der Waals surface area contributed by atoms with E-state index in [2.05, 4.69) is 63.1 Å². The molecule has 1 fully saturated rings. The summed E-state index contributed by atoms with van der Waals surface area (Å²) >= 11 is 0. The fourth-order valence-electron chi connectivity index (χ4n) is 3.61. The maximum atomic E-state index is 5.99. The molecule has 0 saturated carbocycles. The molecule has 1 aliphatic heterocycles. The van der Waals surface area contributed by atoms with Crippen LogP contribution in [0.15, 0.2) is 48.7 Å².